The third kappa shape index (κ3) is 4.62. The molecule has 30 heavy (non-hydrogen) atoms. The summed E-state index contributed by atoms with van der Waals surface area (Å²) >= 11 is 0. The molecule has 1 aliphatic rings. The van der Waals surface area contributed by atoms with Crippen LogP contribution in [0.2, 0.25) is 0 Å². The van der Waals surface area contributed by atoms with E-state index in [1.165, 1.54) is 21.0 Å². The van der Waals surface area contributed by atoms with Crippen molar-refractivity contribution in [1.29, 1.82) is 0 Å². The van der Waals surface area contributed by atoms with Crippen molar-refractivity contribution in [3.05, 3.63) is 28.7 Å². The van der Waals surface area contributed by atoms with E-state index >= 15 is 0 Å². The Morgan fingerprint density at radius 1 is 1.23 bits per heavy atom. The fourth-order valence-electron chi connectivity index (χ4n) is 3.87. The highest BCUT2D eigenvalue weighted by Gasteiger charge is 2.31. The first-order chi connectivity index (χ1) is 14.1. The van der Waals surface area contributed by atoms with Crippen LogP contribution in [0.1, 0.15) is 59.4 Å². The molecule has 1 aliphatic heterocycles. The van der Waals surface area contributed by atoms with E-state index in [-0.39, 0.29) is 34.4 Å². The van der Waals surface area contributed by atoms with Gasteiger partial charge in [-0.3, -0.25) is 9.36 Å². The summed E-state index contributed by atoms with van der Waals surface area (Å²) < 4.78 is 34.4. The van der Waals surface area contributed by atoms with Crippen molar-refractivity contribution < 1.29 is 17.6 Å². The number of amides is 1. The Balaban J connectivity index is 1.70. The van der Waals surface area contributed by atoms with Crippen LogP contribution in [0.4, 0.5) is 0 Å². The zero-order valence-corrected chi connectivity index (χ0v) is 18.9. The van der Waals surface area contributed by atoms with Gasteiger partial charge in [-0.05, 0) is 58.1 Å². The normalized spacial score (nSPS) is 17.5. The minimum absolute atomic E-state index is 0.0285. The molecule has 1 aromatic carbocycles. The Morgan fingerprint density at radius 3 is 2.50 bits per heavy atom. The summed E-state index contributed by atoms with van der Waals surface area (Å²) in [6, 6.07) is 4.64. The molecule has 0 spiro atoms. The summed E-state index contributed by atoms with van der Waals surface area (Å²) in [6.45, 7) is 8.48. The van der Waals surface area contributed by atoms with Gasteiger partial charge in [-0.25, -0.2) is 13.2 Å². The highest BCUT2D eigenvalue weighted by molar-refractivity contribution is 7.89. The lowest BCUT2D eigenvalue weighted by Gasteiger charge is -2.31. The number of piperidine rings is 1. The number of fused-ring (bicyclic) bond motifs is 1. The van der Waals surface area contributed by atoms with E-state index in [0.29, 0.717) is 37.9 Å². The van der Waals surface area contributed by atoms with Gasteiger partial charge in [0, 0.05) is 37.7 Å². The number of hydrogen-bond donors (Lipinski definition) is 1. The Kier molecular flexibility index (Phi) is 6.71. The first kappa shape index (κ1) is 22.6. The molecule has 0 aliphatic carbocycles. The Morgan fingerprint density at radius 2 is 1.90 bits per heavy atom. The number of carbonyl (C=O) groups is 1. The molecular weight excluding hydrogens is 406 g/mol. The van der Waals surface area contributed by atoms with Crippen molar-refractivity contribution in [2.75, 3.05) is 13.1 Å². The average Bonchev–Trinajstić information content (AvgIpc) is 3.03. The summed E-state index contributed by atoms with van der Waals surface area (Å²) in [5, 5.41) is 2.97. The van der Waals surface area contributed by atoms with E-state index < -0.39 is 15.8 Å². The molecule has 1 atom stereocenters. The van der Waals surface area contributed by atoms with Crippen LogP contribution in [-0.2, 0) is 14.8 Å². The Hall–Kier alpha value is -2.13. The van der Waals surface area contributed by atoms with Gasteiger partial charge in [0.25, 0.3) is 0 Å². The molecule has 0 saturated carbocycles. The van der Waals surface area contributed by atoms with Gasteiger partial charge in [-0.15, -0.1) is 0 Å². The fraction of sp³-hybridized carbons (Fsp3) is 0.619. The monoisotopic (exact) mass is 437 g/mol. The van der Waals surface area contributed by atoms with Crippen LogP contribution in [0, 0.1) is 5.92 Å². The van der Waals surface area contributed by atoms with E-state index in [4.69, 9.17) is 4.42 Å². The molecule has 8 nitrogen and oxygen atoms in total. The zero-order chi connectivity index (χ0) is 22.1. The molecule has 9 heteroatoms. The number of nitrogens with one attached hydrogen (secondary N) is 1. The summed E-state index contributed by atoms with van der Waals surface area (Å²) in [5.41, 5.74) is 0.853. The van der Waals surface area contributed by atoms with Crippen LogP contribution in [0.15, 0.2) is 32.3 Å². The molecule has 166 valence electrons. The summed E-state index contributed by atoms with van der Waals surface area (Å²) in [5.74, 6) is -0.284. The minimum Gasteiger partial charge on any atom is -0.408 e. The number of sulfonamides is 1. The number of nitrogens with zero attached hydrogens (tertiary/aromatic N) is 2. The van der Waals surface area contributed by atoms with Gasteiger partial charge in [-0.2, -0.15) is 4.31 Å². The predicted molar refractivity (Wildman–Crippen MR) is 115 cm³/mol. The van der Waals surface area contributed by atoms with Gasteiger partial charge in [0.15, 0.2) is 5.58 Å². The van der Waals surface area contributed by atoms with Crippen LogP contribution < -0.4 is 11.1 Å². The molecule has 1 fully saturated rings. The molecule has 0 radical (unpaired) electrons. The number of benzene rings is 1. The molecular formula is C21H31N3O5S. The third-order valence-electron chi connectivity index (χ3n) is 5.81. The highest BCUT2D eigenvalue weighted by atomic mass is 32.2. The zero-order valence-electron chi connectivity index (χ0n) is 18.1. The second-order valence-electron chi connectivity index (χ2n) is 8.39. The van der Waals surface area contributed by atoms with Crippen molar-refractivity contribution in [2.45, 2.75) is 70.4 Å². The number of carbonyl (C=O) groups excluding carboxylic acids is 1. The van der Waals surface area contributed by atoms with E-state index in [9.17, 15) is 18.0 Å². The molecule has 2 aromatic rings. The van der Waals surface area contributed by atoms with Crippen LogP contribution in [0.25, 0.3) is 11.1 Å². The second kappa shape index (κ2) is 8.93. The molecule has 0 unspecified atom stereocenters. The third-order valence-corrected chi connectivity index (χ3v) is 7.70. The van der Waals surface area contributed by atoms with Gasteiger partial charge in [0.1, 0.15) is 0 Å². The first-order valence-corrected chi connectivity index (χ1v) is 12.0. The molecule has 2 heterocycles. The van der Waals surface area contributed by atoms with Gasteiger partial charge in [0.05, 0.1) is 10.4 Å². The van der Waals surface area contributed by atoms with Gasteiger partial charge in [0.2, 0.25) is 15.9 Å². The number of aromatic nitrogens is 1. The van der Waals surface area contributed by atoms with Crippen LogP contribution in [0.3, 0.4) is 0 Å². The smallest absolute Gasteiger partial charge is 0.408 e. The molecule has 3 rings (SSSR count). The number of hydrogen-bond acceptors (Lipinski definition) is 5. The number of oxazole rings is 1. The van der Waals surface area contributed by atoms with Gasteiger partial charge < -0.3 is 9.73 Å². The lowest BCUT2D eigenvalue weighted by molar-refractivity contribution is -0.122. The first-order valence-electron chi connectivity index (χ1n) is 10.6. The minimum atomic E-state index is -3.69. The second-order valence-corrected chi connectivity index (χ2v) is 10.3. The summed E-state index contributed by atoms with van der Waals surface area (Å²) in [4.78, 5) is 24.3. The lowest BCUT2D eigenvalue weighted by atomic mass is 9.94. The molecule has 1 N–H and O–H groups in total. The quantitative estimate of drug-likeness (QED) is 0.718. The molecule has 1 saturated heterocycles. The number of rotatable bonds is 7. The molecule has 0 bridgehead atoms. The highest BCUT2D eigenvalue weighted by Crippen LogP contribution is 2.28. The summed E-state index contributed by atoms with van der Waals surface area (Å²) in [7, 11) is -3.69. The van der Waals surface area contributed by atoms with Crippen LogP contribution in [0.5, 0.6) is 0 Å². The molecule has 1 amide bonds. The topological polar surface area (TPSA) is 102 Å². The maximum absolute atomic E-state index is 13.1. The Labute approximate surface area is 177 Å². The van der Waals surface area contributed by atoms with E-state index in [2.05, 4.69) is 5.32 Å². The van der Waals surface area contributed by atoms with Crippen molar-refractivity contribution in [1.82, 2.24) is 14.2 Å². The van der Waals surface area contributed by atoms with Crippen LogP contribution >= 0.6 is 0 Å². The van der Waals surface area contributed by atoms with E-state index in [1.54, 1.807) is 6.07 Å². The van der Waals surface area contributed by atoms with Crippen molar-refractivity contribution >= 4 is 27.0 Å². The fourth-order valence-corrected chi connectivity index (χ4v) is 5.35. The van der Waals surface area contributed by atoms with Crippen molar-refractivity contribution in [3.63, 3.8) is 0 Å². The van der Waals surface area contributed by atoms with Crippen molar-refractivity contribution in [3.8, 4) is 0 Å². The molecule has 1 aromatic heterocycles. The Bertz CT molecular complexity index is 1060. The maximum Gasteiger partial charge on any atom is 0.420 e. The largest absolute Gasteiger partial charge is 0.420 e. The average molecular weight is 438 g/mol. The maximum atomic E-state index is 13.1. The standard InChI is InChI=1S/C21H31N3O5S/c1-5-15(4)22-20(25)12-16-8-10-23(11-9-16)30(27,28)17-6-7-18-19(13-17)29-21(26)24(18)14(2)3/h6-7,13-16H,5,8-12H2,1-4H3,(H,22,25)/t15-/m0/s1. The predicted octanol–water partition coefficient (Wildman–Crippen LogP) is 2.88. The van der Waals surface area contributed by atoms with Crippen LogP contribution in [-0.4, -0.2) is 42.3 Å². The van der Waals surface area contributed by atoms with Crippen molar-refractivity contribution in [2.24, 2.45) is 5.92 Å². The van der Waals surface area contributed by atoms with E-state index in [1.807, 2.05) is 27.7 Å². The van der Waals surface area contributed by atoms with Gasteiger partial charge in [-0.1, -0.05) is 6.92 Å². The summed E-state index contributed by atoms with van der Waals surface area (Å²) in [6.07, 6.45) is 2.61. The van der Waals surface area contributed by atoms with Gasteiger partial charge >= 0.3 is 5.76 Å². The lowest BCUT2D eigenvalue weighted by Crippen LogP contribution is -2.40. The SMILES string of the molecule is CC[C@H](C)NC(=O)CC1CCN(S(=O)(=O)c2ccc3c(c2)oc(=O)n3C(C)C)CC1. The van der Waals surface area contributed by atoms with E-state index in [0.717, 1.165) is 6.42 Å².